The predicted octanol–water partition coefficient (Wildman–Crippen LogP) is 4.15. The number of hydrogen-bond acceptors (Lipinski definition) is 3. The third-order valence-electron chi connectivity index (χ3n) is 5.04. The van der Waals surface area contributed by atoms with E-state index in [0.29, 0.717) is 18.0 Å². The van der Waals surface area contributed by atoms with Gasteiger partial charge in [0.05, 0.1) is 0 Å². The van der Waals surface area contributed by atoms with Gasteiger partial charge in [0, 0.05) is 43.3 Å². The van der Waals surface area contributed by atoms with Gasteiger partial charge in [-0.2, -0.15) is 0 Å². The molecule has 2 N–H and O–H groups in total. The molecular weight excluding hydrogens is 340 g/mol. The number of amides is 3. The van der Waals surface area contributed by atoms with E-state index in [1.54, 1.807) is 0 Å². The first kappa shape index (κ1) is 18.9. The Morgan fingerprint density at radius 1 is 1.11 bits per heavy atom. The molecule has 27 heavy (non-hydrogen) atoms. The molecule has 2 aromatic rings. The monoisotopic (exact) mass is 366 g/mol. The lowest BCUT2D eigenvalue weighted by atomic mass is 9.90. The summed E-state index contributed by atoms with van der Waals surface area (Å²) in [5.41, 5.74) is 3.68. The van der Waals surface area contributed by atoms with Crippen LogP contribution >= 0.6 is 0 Å². The van der Waals surface area contributed by atoms with Crippen LogP contribution in [0, 0.1) is 6.92 Å². The molecule has 2 heterocycles. The van der Waals surface area contributed by atoms with Gasteiger partial charge in [-0.15, -0.1) is 0 Å². The van der Waals surface area contributed by atoms with Crippen molar-refractivity contribution in [1.82, 2.24) is 9.88 Å². The number of anilines is 2. The minimum Gasteiger partial charge on any atom is -0.326 e. The number of pyridine rings is 1. The third kappa shape index (κ3) is 4.84. The number of nitrogens with zero attached hydrogens (tertiary/aromatic N) is 2. The van der Waals surface area contributed by atoms with E-state index in [2.05, 4.69) is 27.8 Å². The number of nitrogens with one attached hydrogen (secondary N) is 2. The number of piperidine rings is 1. The van der Waals surface area contributed by atoms with Crippen molar-refractivity contribution in [2.24, 2.45) is 0 Å². The van der Waals surface area contributed by atoms with Crippen molar-refractivity contribution in [1.29, 1.82) is 0 Å². The zero-order valence-electron chi connectivity index (χ0n) is 15.9. The van der Waals surface area contributed by atoms with Gasteiger partial charge in [0.15, 0.2) is 0 Å². The highest BCUT2D eigenvalue weighted by Gasteiger charge is 2.24. The first-order valence-corrected chi connectivity index (χ1v) is 9.43. The van der Waals surface area contributed by atoms with Crippen molar-refractivity contribution in [3.8, 4) is 0 Å². The minimum absolute atomic E-state index is 0.0469. The Morgan fingerprint density at radius 3 is 2.48 bits per heavy atom. The molecule has 1 fully saturated rings. The summed E-state index contributed by atoms with van der Waals surface area (Å²) in [6.45, 7) is 5.20. The molecule has 0 atom stereocenters. The molecule has 6 nitrogen and oxygen atoms in total. The fourth-order valence-electron chi connectivity index (χ4n) is 3.33. The second-order valence-corrected chi connectivity index (χ2v) is 6.90. The van der Waals surface area contributed by atoms with Gasteiger partial charge >= 0.3 is 6.03 Å². The van der Waals surface area contributed by atoms with Gasteiger partial charge in [-0.1, -0.05) is 13.0 Å². The van der Waals surface area contributed by atoms with Gasteiger partial charge in [-0.25, -0.2) is 4.79 Å². The standard InChI is InChI=1S/C21H26N4O2/c1-3-20(26)23-18-5-4-15(2)19(14-18)24-21(27)25-12-8-17(9-13-25)16-6-10-22-11-7-16/h4-7,10-11,14,17H,3,8-9,12-13H2,1-2H3,(H,23,26)(H,24,27). The van der Waals surface area contributed by atoms with Crippen molar-refractivity contribution < 1.29 is 9.59 Å². The molecule has 1 aliphatic rings. The average molecular weight is 366 g/mol. The quantitative estimate of drug-likeness (QED) is 0.854. The molecule has 142 valence electrons. The van der Waals surface area contributed by atoms with E-state index in [1.807, 2.05) is 49.3 Å². The molecule has 0 saturated carbocycles. The Labute approximate surface area is 160 Å². The van der Waals surface area contributed by atoms with Crippen LogP contribution in [0.5, 0.6) is 0 Å². The van der Waals surface area contributed by atoms with E-state index in [9.17, 15) is 9.59 Å². The third-order valence-corrected chi connectivity index (χ3v) is 5.04. The molecule has 0 bridgehead atoms. The van der Waals surface area contributed by atoms with Crippen LogP contribution in [0.4, 0.5) is 16.2 Å². The first-order valence-electron chi connectivity index (χ1n) is 9.43. The predicted molar refractivity (Wildman–Crippen MR) is 107 cm³/mol. The summed E-state index contributed by atoms with van der Waals surface area (Å²) in [7, 11) is 0. The number of carbonyl (C=O) groups is 2. The summed E-state index contributed by atoms with van der Waals surface area (Å²) in [6.07, 6.45) is 5.96. The van der Waals surface area contributed by atoms with Crippen LogP contribution in [-0.2, 0) is 4.79 Å². The van der Waals surface area contributed by atoms with Crippen LogP contribution in [0.3, 0.4) is 0 Å². The molecule has 1 aromatic carbocycles. The molecule has 0 unspecified atom stereocenters. The van der Waals surface area contributed by atoms with Crippen LogP contribution in [0.2, 0.25) is 0 Å². The maximum Gasteiger partial charge on any atom is 0.321 e. The lowest BCUT2D eigenvalue weighted by Crippen LogP contribution is -2.40. The Bertz CT molecular complexity index is 799. The van der Waals surface area contributed by atoms with Crippen molar-refractivity contribution >= 4 is 23.3 Å². The molecular formula is C21H26N4O2. The second-order valence-electron chi connectivity index (χ2n) is 6.90. The number of aryl methyl sites for hydroxylation is 1. The zero-order valence-corrected chi connectivity index (χ0v) is 15.9. The minimum atomic E-state index is -0.0924. The first-order chi connectivity index (χ1) is 13.1. The smallest absolute Gasteiger partial charge is 0.321 e. The van der Waals surface area contributed by atoms with Gasteiger partial charge in [-0.3, -0.25) is 9.78 Å². The molecule has 1 saturated heterocycles. The highest BCUT2D eigenvalue weighted by Crippen LogP contribution is 2.28. The topological polar surface area (TPSA) is 74.3 Å². The molecule has 0 radical (unpaired) electrons. The maximum atomic E-state index is 12.7. The van der Waals surface area contributed by atoms with Crippen molar-refractivity contribution in [3.05, 3.63) is 53.9 Å². The SMILES string of the molecule is CCC(=O)Nc1ccc(C)c(NC(=O)N2CCC(c3ccncc3)CC2)c1. The van der Waals surface area contributed by atoms with Crippen LogP contribution in [-0.4, -0.2) is 34.9 Å². The number of likely N-dealkylation sites (tertiary alicyclic amines) is 1. The fourth-order valence-corrected chi connectivity index (χ4v) is 3.33. The summed E-state index contributed by atoms with van der Waals surface area (Å²) in [5, 5.41) is 5.82. The van der Waals surface area contributed by atoms with Crippen molar-refractivity contribution in [2.45, 2.75) is 39.0 Å². The van der Waals surface area contributed by atoms with E-state index in [1.165, 1.54) is 5.56 Å². The number of aromatic nitrogens is 1. The number of rotatable bonds is 4. The summed E-state index contributed by atoms with van der Waals surface area (Å²) < 4.78 is 0. The van der Waals surface area contributed by atoms with E-state index in [-0.39, 0.29) is 11.9 Å². The van der Waals surface area contributed by atoms with Crippen LogP contribution < -0.4 is 10.6 Å². The molecule has 1 aliphatic heterocycles. The molecule has 3 amide bonds. The zero-order chi connectivity index (χ0) is 19.2. The number of carbonyl (C=O) groups excluding carboxylic acids is 2. The van der Waals surface area contributed by atoms with Gasteiger partial charge in [0.2, 0.25) is 5.91 Å². The van der Waals surface area contributed by atoms with E-state index in [4.69, 9.17) is 0 Å². The van der Waals surface area contributed by atoms with Crippen LogP contribution in [0.15, 0.2) is 42.7 Å². The normalized spacial score (nSPS) is 14.7. The van der Waals surface area contributed by atoms with E-state index in [0.717, 1.165) is 37.2 Å². The summed E-state index contributed by atoms with van der Waals surface area (Å²) in [6, 6.07) is 9.57. The highest BCUT2D eigenvalue weighted by molar-refractivity contribution is 5.94. The highest BCUT2D eigenvalue weighted by atomic mass is 16.2. The Morgan fingerprint density at radius 2 is 1.81 bits per heavy atom. The average Bonchev–Trinajstić information content (AvgIpc) is 2.71. The van der Waals surface area contributed by atoms with Gasteiger partial charge in [-0.05, 0) is 61.1 Å². The summed E-state index contributed by atoms with van der Waals surface area (Å²) in [5.74, 6) is 0.431. The summed E-state index contributed by atoms with van der Waals surface area (Å²) in [4.78, 5) is 30.2. The lowest BCUT2D eigenvalue weighted by Gasteiger charge is -2.32. The molecule has 0 aliphatic carbocycles. The van der Waals surface area contributed by atoms with Gasteiger partial charge < -0.3 is 15.5 Å². The van der Waals surface area contributed by atoms with Crippen molar-refractivity contribution in [3.63, 3.8) is 0 Å². The Kier molecular flexibility index (Phi) is 6.06. The van der Waals surface area contributed by atoms with E-state index >= 15 is 0 Å². The van der Waals surface area contributed by atoms with Crippen molar-refractivity contribution in [2.75, 3.05) is 23.7 Å². The molecule has 1 aromatic heterocycles. The summed E-state index contributed by atoms with van der Waals surface area (Å²) >= 11 is 0. The van der Waals surface area contributed by atoms with Crippen LogP contribution in [0.1, 0.15) is 43.2 Å². The maximum absolute atomic E-state index is 12.7. The van der Waals surface area contributed by atoms with Gasteiger partial charge in [0.25, 0.3) is 0 Å². The fraction of sp³-hybridized carbons (Fsp3) is 0.381. The van der Waals surface area contributed by atoms with E-state index < -0.39 is 0 Å². The van der Waals surface area contributed by atoms with Crippen LogP contribution in [0.25, 0.3) is 0 Å². The molecule has 6 heteroatoms. The number of benzene rings is 1. The number of urea groups is 1. The van der Waals surface area contributed by atoms with Gasteiger partial charge in [0.1, 0.15) is 0 Å². The Hall–Kier alpha value is -2.89. The largest absolute Gasteiger partial charge is 0.326 e. The second kappa shape index (κ2) is 8.66. The number of hydrogen-bond donors (Lipinski definition) is 2. The lowest BCUT2D eigenvalue weighted by molar-refractivity contribution is -0.115. The Balaban J connectivity index is 1.59. The molecule has 0 spiro atoms. The molecule has 3 rings (SSSR count).